The van der Waals surface area contributed by atoms with Crippen LogP contribution in [-0.2, 0) is 6.54 Å². The first-order valence-electron chi connectivity index (χ1n) is 7.51. The molecule has 0 aliphatic heterocycles. The van der Waals surface area contributed by atoms with Crippen LogP contribution in [0.3, 0.4) is 0 Å². The molecule has 0 bridgehead atoms. The van der Waals surface area contributed by atoms with Crippen LogP contribution in [0.15, 0.2) is 78.9 Å². The van der Waals surface area contributed by atoms with Crippen molar-refractivity contribution in [1.82, 2.24) is 5.32 Å². The van der Waals surface area contributed by atoms with Crippen molar-refractivity contribution in [3.8, 4) is 0 Å². The molecule has 3 aromatic rings. The van der Waals surface area contributed by atoms with Crippen LogP contribution in [0.1, 0.15) is 22.7 Å². The Kier molecular flexibility index (Phi) is 5.35. The third-order valence-electron chi connectivity index (χ3n) is 3.78. The van der Waals surface area contributed by atoms with E-state index in [-0.39, 0.29) is 6.04 Å². The Morgan fingerprint density at radius 1 is 0.739 bits per heavy atom. The lowest BCUT2D eigenvalue weighted by atomic mass is 9.98. The predicted molar refractivity (Wildman–Crippen MR) is 98.0 cm³/mol. The van der Waals surface area contributed by atoms with Crippen LogP contribution in [0.2, 0.25) is 10.0 Å². The second-order valence-corrected chi connectivity index (χ2v) is 6.21. The molecule has 0 atom stereocenters. The highest BCUT2D eigenvalue weighted by molar-refractivity contribution is 6.35. The van der Waals surface area contributed by atoms with Gasteiger partial charge in [-0.1, -0.05) is 89.9 Å². The first-order valence-corrected chi connectivity index (χ1v) is 8.27. The Morgan fingerprint density at radius 2 is 1.30 bits per heavy atom. The standard InChI is InChI=1S/C20H17Cl2N/c21-18-12-11-17(19(22)13-18)14-23-20(15-7-3-1-4-8-15)16-9-5-2-6-10-16/h1-13,20,23H,14H2. The van der Waals surface area contributed by atoms with Crippen molar-refractivity contribution in [1.29, 1.82) is 0 Å². The largest absolute Gasteiger partial charge is 0.302 e. The summed E-state index contributed by atoms with van der Waals surface area (Å²) >= 11 is 12.2. The molecular weight excluding hydrogens is 325 g/mol. The molecule has 0 spiro atoms. The van der Waals surface area contributed by atoms with E-state index in [1.54, 1.807) is 6.07 Å². The van der Waals surface area contributed by atoms with Gasteiger partial charge in [-0.3, -0.25) is 0 Å². The molecule has 0 aromatic heterocycles. The van der Waals surface area contributed by atoms with E-state index in [0.29, 0.717) is 16.6 Å². The summed E-state index contributed by atoms with van der Waals surface area (Å²) in [6.07, 6.45) is 0. The van der Waals surface area contributed by atoms with Gasteiger partial charge in [0.15, 0.2) is 0 Å². The Bertz CT molecular complexity index is 718. The van der Waals surface area contributed by atoms with Gasteiger partial charge >= 0.3 is 0 Å². The van der Waals surface area contributed by atoms with E-state index >= 15 is 0 Å². The minimum Gasteiger partial charge on any atom is -0.302 e. The summed E-state index contributed by atoms with van der Waals surface area (Å²) in [6.45, 7) is 0.671. The fourth-order valence-electron chi connectivity index (χ4n) is 2.60. The fourth-order valence-corrected chi connectivity index (χ4v) is 3.07. The predicted octanol–water partition coefficient (Wildman–Crippen LogP) is 5.87. The van der Waals surface area contributed by atoms with Gasteiger partial charge in [-0.25, -0.2) is 0 Å². The Morgan fingerprint density at radius 3 is 1.83 bits per heavy atom. The van der Waals surface area contributed by atoms with Crippen molar-refractivity contribution in [2.24, 2.45) is 0 Å². The zero-order valence-electron chi connectivity index (χ0n) is 12.5. The lowest BCUT2D eigenvalue weighted by Crippen LogP contribution is -2.22. The molecule has 0 heterocycles. The van der Waals surface area contributed by atoms with Crippen LogP contribution in [0.25, 0.3) is 0 Å². The minimum atomic E-state index is 0.115. The van der Waals surface area contributed by atoms with Crippen molar-refractivity contribution in [3.63, 3.8) is 0 Å². The third kappa shape index (κ3) is 4.14. The van der Waals surface area contributed by atoms with Crippen LogP contribution < -0.4 is 5.32 Å². The average molecular weight is 342 g/mol. The molecule has 0 radical (unpaired) electrons. The SMILES string of the molecule is Clc1ccc(CNC(c2ccccc2)c2ccccc2)c(Cl)c1. The third-order valence-corrected chi connectivity index (χ3v) is 4.36. The summed E-state index contributed by atoms with van der Waals surface area (Å²) in [5.74, 6) is 0. The summed E-state index contributed by atoms with van der Waals surface area (Å²) in [4.78, 5) is 0. The van der Waals surface area contributed by atoms with Crippen LogP contribution >= 0.6 is 23.2 Å². The molecule has 1 N–H and O–H groups in total. The van der Waals surface area contributed by atoms with Gasteiger partial charge in [-0.15, -0.1) is 0 Å². The molecule has 0 saturated carbocycles. The summed E-state index contributed by atoms with van der Waals surface area (Å²) in [7, 11) is 0. The van der Waals surface area contributed by atoms with Crippen molar-refractivity contribution < 1.29 is 0 Å². The van der Waals surface area contributed by atoms with Gasteiger partial charge in [-0.05, 0) is 28.8 Å². The van der Waals surface area contributed by atoms with Gasteiger partial charge in [0, 0.05) is 16.6 Å². The smallest absolute Gasteiger partial charge is 0.0579 e. The minimum absolute atomic E-state index is 0.115. The van der Waals surface area contributed by atoms with E-state index in [1.807, 2.05) is 24.3 Å². The van der Waals surface area contributed by atoms with Crippen molar-refractivity contribution in [2.75, 3.05) is 0 Å². The maximum Gasteiger partial charge on any atom is 0.0579 e. The van der Waals surface area contributed by atoms with E-state index in [4.69, 9.17) is 23.2 Å². The molecule has 116 valence electrons. The number of halogens is 2. The molecule has 0 amide bonds. The quantitative estimate of drug-likeness (QED) is 0.611. The second kappa shape index (κ2) is 7.65. The normalized spacial score (nSPS) is 10.9. The molecule has 3 heteroatoms. The number of hydrogen-bond acceptors (Lipinski definition) is 1. The summed E-state index contributed by atoms with van der Waals surface area (Å²) in [5, 5.41) is 4.94. The van der Waals surface area contributed by atoms with E-state index < -0.39 is 0 Å². The number of benzene rings is 3. The summed E-state index contributed by atoms with van der Waals surface area (Å²) in [5.41, 5.74) is 3.49. The first-order chi connectivity index (χ1) is 11.2. The zero-order valence-corrected chi connectivity index (χ0v) is 14.1. The highest BCUT2D eigenvalue weighted by Crippen LogP contribution is 2.25. The maximum atomic E-state index is 6.28. The molecule has 0 fully saturated rings. The maximum absolute atomic E-state index is 6.28. The van der Waals surface area contributed by atoms with Gasteiger partial charge in [-0.2, -0.15) is 0 Å². The van der Waals surface area contributed by atoms with E-state index in [2.05, 4.69) is 53.8 Å². The van der Waals surface area contributed by atoms with Crippen molar-refractivity contribution in [3.05, 3.63) is 106 Å². The molecule has 0 saturated heterocycles. The summed E-state index contributed by atoms with van der Waals surface area (Å²) in [6, 6.07) is 26.5. The Labute approximate surface area is 146 Å². The first kappa shape index (κ1) is 16.1. The fraction of sp³-hybridized carbons (Fsp3) is 0.100. The highest BCUT2D eigenvalue weighted by Gasteiger charge is 2.13. The average Bonchev–Trinajstić information content (AvgIpc) is 2.59. The molecule has 0 aliphatic carbocycles. The van der Waals surface area contributed by atoms with E-state index in [9.17, 15) is 0 Å². The molecule has 0 aliphatic rings. The number of rotatable bonds is 5. The van der Waals surface area contributed by atoms with Crippen LogP contribution in [0.5, 0.6) is 0 Å². The van der Waals surface area contributed by atoms with Gasteiger partial charge in [0.25, 0.3) is 0 Å². The Balaban J connectivity index is 1.85. The molecule has 3 rings (SSSR count). The second-order valence-electron chi connectivity index (χ2n) is 5.37. The van der Waals surface area contributed by atoms with Gasteiger partial charge in [0.05, 0.1) is 6.04 Å². The molecular formula is C20H17Cl2N. The molecule has 23 heavy (non-hydrogen) atoms. The van der Waals surface area contributed by atoms with E-state index in [0.717, 1.165) is 5.56 Å². The Hall–Kier alpha value is -1.80. The topological polar surface area (TPSA) is 12.0 Å². The molecule has 1 nitrogen and oxygen atoms in total. The lowest BCUT2D eigenvalue weighted by molar-refractivity contribution is 0.605. The van der Waals surface area contributed by atoms with Crippen molar-refractivity contribution in [2.45, 2.75) is 12.6 Å². The van der Waals surface area contributed by atoms with Crippen LogP contribution in [-0.4, -0.2) is 0 Å². The van der Waals surface area contributed by atoms with Crippen molar-refractivity contribution >= 4 is 23.2 Å². The van der Waals surface area contributed by atoms with Gasteiger partial charge in [0.2, 0.25) is 0 Å². The monoisotopic (exact) mass is 341 g/mol. The lowest BCUT2D eigenvalue weighted by Gasteiger charge is -2.20. The van der Waals surface area contributed by atoms with Crippen LogP contribution in [0.4, 0.5) is 0 Å². The summed E-state index contributed by atoms with van der Waals surface area (Å²) < 4.78 is 0. The molecule has 3 aromatic carbocycles. The number of nitrogens with one attached hydrogen (secondary N) is 1. The van der Waals surface area contributed by atoms with Gasteiger partial charge < -0.3 is 5.32 Å². The highest BCUT2D eigenvalue weighted by atomic mass is 35.5. The van der Waals surface area contributed by atoms with E-state index in [1.165, 1.54) is 11.1 Å². The zero-order chi connectivity index (χ0) is 16.1. The van der Waals surface area contributed by atoms with Gasteiger partial charge in [0.1, 0.15) is 0 Å². The number of hydrogen-bond donors (Lipinski definition) is 1. The van der Waals surface area contributed by atoms with Crippen LogP contribution in [0, 0.1) is 0 Å². The molecule has 0 unspecified atom stereocenters.